The summed E-state index contributed by atoms with van der Waals surface area (Å²) in [6, 6.07) is 5.89. The summed E-state index contributed by atoms with van der Waals surface area (Å²) in [5, 5.41) is 8.77. The highest BCUT2D eigenvalue weighted by Gasteiger charge is 2.03. The molecule has 0 fully saturated rings. The van der Waals surface area contributed by atoms with Crippen LogP contribution >= 0.6 is 22.6 Å². The van der Waals surface area contributed by atoms with E-state index in [0.29, 0.717) is 5.56 Å². The predicted octanol–water partition coefficient (Wildman–Crippen LogP) is 2.04. The molecule has 3 nitrogen and oxygen atoms in total. The maximum absolute atomic E-state index is 8.77. The third-order valence-electron chi connectivity index (χ3n) is 1.61. The molecule has 0 aliphatic carbocycles. The van der Waals surface area contributed by atoms with Crippen molar-refractivity contribution < 1.29 is 0 Å². The first kappa shape index (κ1) is 7.55. The zero-order valence-corrected chi connectivity index (χ0v) is 8.16. The molecule has 0 aliphatic heterocycles. The number of benzene rings is 1. The van der Waals surface area contributed by atoms with Crippen LogP contribution in [0, 0.1) is 14.9 Å². The standard InChI is InChI=1S/C8H4IN3/c9-6-1-5(3-10)8-7(2-6)11-4-12-8/h1-2,4H,(H,11,12). The first-order valence-corrected chi connectivity index (χ1v) is 4.42. The fourth-order valence-electron chi connectivity index (χ4n) is 1.10. The monoisotopic (exact) mass is 269 g/mol. The Morgan fingerprint density at radius 1 is 1.50 bits per heavy atom. The molecule has 2 aromatic rings. The average molecular weight is 269 g/mol. The van der Waals surface area contributed by atoms with Crippen LogP contribution in [0.15, 0.2) is 18.5 Å². The molecule has 1 heterocycles. The molecule has 0 spiro atoms. The van der Waals surface area contributed by atoms with Gasteiger partial charge in [0.15, 0.2) is 0 Å². The maximum atomic E-state index is 8.77. The zero-order chi connectivity index (χ0) is 8.55. The van der Waals surface area contributed by atoms with Gasteiger partial charge in [0, 0.05) is 3.57 Å². The first-order valence-electron chi connectivity index (χ1n) is 3.34. The van der Waals surface area contributed by atoms with E-state index in [-0.39, 0.29) is 0 Å². The lowest BCUT2D eigenvalue weighted by Gasteiger charge is -1.92. The van der Waals surface area contributed by atoms with Crippen LogP contribution in [0.1, 0.15) is 5.56 Å². The lowest BCUT2D eigenvalue weighted by molar-refractivity contribution is 1.34. The predicted molar refractivity (Wildman–Crippen MR) is 53.5 cm³/mol. The van der Waals surface area contributed by atoms with Gasteiger partial charge in [0.25, 0.3) is 0 Å². The van der Waals surface area contributed by atoms with Crippen LogP contribution in [-0.2, 0) is 0 Å². The summed E-state index contributed by atoms with van der Waals surface area (Å²) in [5.74, 6) is 0. The maximum Gasteiger partial charge on any atom is 0.106 e. The van der Waals surface area contributed by atoms with Crippen molar-refractivity contribution in [2.45, 2.75) is 0 Å². The van der Waals surface area contributed by atoms with Gasteiger partial charge in [-0.3, -0.25) is 0 Å². The minimum atomic E-state index is 0.623. The Balaban J connectivity index is 2.91. The molecule has 2 rings (SSSR count). The number of imidazole rings is 1. The van der Waals surface area contributed by atoms with E-state index in [1.807, 2.05) is 12.1 Å². The SMILES string of the molecule is N#Cc1cc(I)cc2[nH]cnc12. The summed E-state index contributed by atoms with van der Waals surface area (Å²) in [4.78, 5) is 7.02. The number of fused-ring (bicyclic) bond motifs is 1. The zero-order valence-electron chi connectivity index (χ0n) is 6.00. The number of halogens is 1. The molecule has 0 unspecified atom stereocenters. The Labute approximate surface area is 82.6 Å². The number of nitrogens with zero attached hydrogens (tertiary/aromatic N) is 2. The van der Waals surface area contributed by atoms with Crippen LogP contribution in [0.4, 0.5) is 0 Å². The molecule has 12 heavy (non-hydrogen) atoms. The highest BCUT2D eigenvalue weighted by Crippen LogP contribution is 2.17. The number of hydrogen-bond donors (Lipinski definition) is 1. The number of aromatic nitrogens is 2. The summed E-state index contributed by atoms with van der Waals surface area (Å²) in [6.45, 7) is 0. The Kier molecular flexibility index (Phi) is 1.73. The third-order valence-corrected chi connectivity index (χ3v) is 2.23. The third kappa shape index (κ3) is 1.06. The van der Waals surface area contributed by atoms with E-state index >= 15 is 0 Å². The number of nitriles is 1. The molecule has 0 amide bonds. The van der Waals surface area contributed by atoms with Crippen molar-refractivity contribution in [1.29, 1.82) is 5.26 Å². The Morgan fingerprint density at radius 2 is 2.33 bits per heavy atom. The molecule has 58 valence electrons. The Morgan fingerprint density at radius 3 is 3.08 bits per heavy atom. The van der Waals surface area contributed by atoms with Crippen molar-refractivity contribution >= 4 is 33.6 Å². The van der Waals surface area contributed by atoms with Gasteiger partial charge < -0.3 is 4.98 Å². The van der Waals surface area contributed by atoms with E-state index < -0.39 is 0 Å². The van der Waals surface area contributed by atoms with Gasteiger partial charge >= 0.3 is 0 Å². The smallest absolute Gasteiger partial charge is 0.106 e. The molecular formula is C8H4IN3. The number of hydrogen-bond acceptors (Lipinski definition) is 2. The summed E-state index contributed by atoms with van der Waals surface area (Å²) in [6.07, 6.45) is 1.60. The molecule has 1 aromatic carbocycles. The van der Waals surface area contributed by atoms with Crippen molar-refractivity contribution in [2.75, 3.05) is 0 Å². The van der Waals surface area contributed by atoms with Crippen molar-refractivity contribution in [1.82, 2.24) is 9.97 Å². The van der Waals surface area contributed by atoms with Crippen LogP contribution in [0.3, 0.4) is 0 Å². The van der Waals surface area contributed by atoms with Crippen molar-refractivity contribution in [3.63, 3.8) is 0 Å². The quantitative estimate of drug-likeness (QED) is 0.744. The van der Waals surface area contributed by atoms with E-state index in [0.717, 1.165) is 14.6 Å². The van der Waals surface area contributed by atoms with Gasteiger partial charge in [0.05, 0.1) is 17.4 Å². The van der Waals surface area contributed by atoms with Gasteiger partial charge in [-0.05, 0) is 34.7 Å². The summed E-state index contributed by atoms with van der Waals surface area (Å²) in [5.41, 5.74) is 2.29. The molecule has 1 N–H and O–H groups in total. The minimum Gasteiger partial charge on any atom is -0.345 e. The first-order chi connectivity index (χ1) is 5.81. The highest BCUT2D eigenvalue weighted by atomic mass is 127. The molecule has 0 saturated heterocycles. The minimum absolute atomic E-state index is 0.623. The van der Waals surface area contributed by atoms with Crippen LogP contribution in [0.2, 0.25) is 0 Å². The number of nitrogens with one attached hydrogen (secondary N) is 1. The Hall–Kier alpha value is -1.09. The lowest BCUT2D eigenvalue weighted by atomic mass is 10.2. The van der Waals surface area contributed by atoms with E-state index in [9.17, 15) is 0 Å². The van der Waals surface area contributed by atoms with E-state index in [1.165, 1.54) is 0 Å². The average Bonchev–Trinajstić information content (AvgIpc) is 2.50. The van der Waals surface area contributed by atoms with Crippen LogP contribution < -0.4 is 0 Å². The fraction of sp³-hybridized carbons (Fsp3) is 0. The molecule has 0 bridgehead atoms. The van der Waals surface area contributed by atoms with Crippen molar-refractivity contribution in [2.24, 2.45) is 0 Å². The molecule has 0 saturated carbocycles. The topological polar surface area (TPSA) is 52.5 Å². The second kappa shape index (κ2) is 2.75. The van der Waals surface area contributed by atoms with E-state index in [1.54, 1.807) is 6.33 Å². The second-order valence-electron chi connectivity index (χ2n) is 2.36. The molecule has 4 heteroatoms. The molecular weight excluding hydrogens is 265 g/mol. The van der Waals surface area contributed by atoms with Crippen molar-refractivity contribution in [3.8, 4) is 6.07 Å². The largest absolute Gasteiger partial charge is 0.345 e. The van der Waals surface area contributed by atoms with Gasteiger partial charge in [-0.25, -0.2) is 4.98 Å². The molecule has 0 radical (unpaired) electrons. The summed E-state index contributed by atoms with van der Waals surface area (Å²) >= 11 is 2.18. The van der Waals surface area contributed by atoms with Crippen LogP contribution in [-0.4, -0.2) is 9.97 Å². The van der Waals surface area contributed by atoms with Gasteiger partial charge in [-0.1, -0.05) is 0 Å². The Bertz CT molecular complexity index is 467. The number of rotatable bonds is 0. The number of aromatic amines is 1. The number of H-pyrrole nitrogens is 1. The summed E-state index contributed by atoms with van der Waals surface area (Å²) in [7, 11) is 0. The summed E-state index contributed by atoms with van der Waals surface area (Å²) < 4.78 is 1.04. The van der Waals surface area contributed by atoms with Crippen LogP contribution in [0.25, 0.3) is 11.0 Å². The van der Waals surface area contributed by atoms with E-state index in [2.05, 4.69) is 38.6 Å². The second-order valence-corrected chi connectivity index (χ2v) is 3.61. The molecule has 0 atom stereocenters. The fourth-order valence-corrected chi connectivity index (χ4v) is 1.72. The van der Waals surface area contributed by atoms with E-state index in [4.69, 9.17) is 5.26 Å². The van der Waals surface area contributed by atoms with Gasteiger partial charge in [0.1, 0.15) is 11.6 Å². The van der Waals surface area contributed by atoms with Gasteiger partial charge in [-0.15, -0.1) is 0 Å². The molecule has 0 aliphatic rings. The van der Waals surface area contributed by atoms with Crippen LogP contribution in [0.5, 0.6) is 0 Å². The van der Waals surface area contributed by atoms with Gasteiger partial charge in [-0.2, -0.15) is 5.26 Å². The lowest BCUT2D eigenvalue weighted by Crippen LogP contribution is -1.80. The normalized spacial score (nSPS) is 10.0. The van der Waals surface area contributed by atoms with Gasteiger partial charge in [0.2, 0.25) is 0 Å². The van der Waals surface area contributed by atoms with Crippen molar-refractivity contribution in [3.05, 3.63) is 27.6 Å². The highest BCUT2D eigenvalue weighted by molar-refractivity contribution is 14.1. The molecule has 1 aromatic heterocycles.